The first-order valence-electron chi connectivity index (χ1n) is 4.46. The van der Waals surface area contributed by atoms with Crippen molar-refractivity contribution in [1.82, 2.24) is 4.37 Å². The molecular weight excluding hydrogens is 234 g/mol. The van der Waals surface area contributed by atoms with Crippen molar-refractivity contribution in [2.45, 2.75) is 6.42 Å². The summed E-state index contributed by atoms with van der Waals surface area (Å²) in [5.74, 6) is 0. The van der Waals surface area contributed by atoms with Crippen LogP contribution in [-0.2, 0) is 4.74 Å². The Morgan fingerprint density at radius 2 is 2.40 bits per heavy atom. The van der Waals surface area contributed by atoms with Crippen molar-refractivity contribution in [2.75, 3.05) is 32.2 Å². The van der Waals surface area contributed by atoms with Crippen LogP contribution in [0.15, 0.2) is 0 Å². The van der Waals surface area contributed by atoms with Crippen LogP contribution < -0.4 is 4.90 Å². The fraction of sp³-hybridized carbons (Fsp3) is 0.556. The third kappa shape index (κ3) is 3.06. The second-order valence-electron chi connectivity index (χ2n) is 3.03. The molecule has 0 atom stereocenters. The van der Waals surface area contributed by atoms with Gasteiger partial charge in [-0.05, 0) is 18.0 Å². The number of methoxy groups -OCH3 is 1. The van der Waals surface area contributed by atoms with Gasteiger partial charge < -0.3 is 9.64 Å². The van der Waals surface area contributed by atoms with E-state index in [0.717, 1.165) is 18.0 Å². The number of anilines is 1. The molecule has 0 aliphatic heterocycles. The lowest BCUT2D eigenvalue weighted by Gasteiger charge is -2.16. The average molecular weight is 246 g/mol. The molecule has 0 unspecified atom stereocenters. The first-order chi connectivity index (χ1) is 7.20. The Bertz CT molecular complexity index is 361. The summed E-state index contributed by atoms with van der Waals surface area (Å²) in [6.45, 7) is 1.53. The second kappa shape index (κ2) is 5.91. The van der Waals surface area contributed by atoms with Gasteiger partial charge in [0.15, 0.2) is 5.15 Å². The predicted octanol–water partition coefficient (Wildman–Crippen LogP) is 2.14. The summed E-state index contributed by atoms with van der Waals surface area (Å²) in [6, 6.07) is 2.06. The third-order valence-corrected chi connectivity index (χ3v) is 3.27. The van der Waals surface area contributed by atoms with E-state index in [2.05, 4.69) is 10.4 Å². The quantitative estimate of drug-likeness (QED) is 0.746. The van der Waals surface area contributed by atoms with Crippen LogP contribution in [-0.4, -0.2) is 31.7 Å². The Kier molecular flexibility index (Phi) is 4.82. The lowest BCUT2D eigenvalue weighted by molar-refractivity contribution is 0.196. The van der Waals surface area contributed by atoms with Crippen molar-refractivity contribution in [3.8, 4) is 6.07 Å². The summed E-state index contributed by atoms with van der Waals surface area (Å²) in [7, 11) is 3.59. The van der Waals surface area contributed by atoms with Crippen LogP contribution in [0.5, 0.6) is 0 Å². The lowest BCUT2D eigenvalue weighted by atomic mass is 10.3. The van der Waals surface area contributed by atoms with Crippen molar-refractivity contribution in [1.29, 1.82) is 5.26 Å². The average Bonchev–Trinajstić information content (AvgIpc) is 2.59. The van der Waals surface area contributed by atoms with Gasteiger partial charge in [0.1, 0.15) is 16.6 Å². The van der Waals surface area contributed by atoms with Crippen molar-refractivity contribution < 1.29 is 4.74 Å². The van der Waals surface area contributed by atoms with E-state index in [-0.39, 0.29) is 5.15 Å². The number of nitriles is 1. The maximum atomic E-state index is 8.89. The van der Waals surface area contributed by atoms with Crippen molar-refractivity contribution in [3.63, 3.8) is 0 Å². The number of aromatic nitrogens is 1. The third-order valence-electron chi connectivity index (χ3n) is 1.93. The zero-order chi connectivity index (χ0) is 11.3. The van der Waals surface area contributed by atoms with Gasteiger partial charge in [-0.15, -0.1) is 0 Å². The first kappa shape index (κ1) is 12.2. The predicted molar refractivity (Wildman–Crippen MR) is 61.6 cm³/mol. The van der Waals surface area contributed by atoms with E-state index >= 15 is 0 Å². The van der Waals surface area contributed by atoms with E-state index in [9.17, 15) is 0 Å². The van der Waals surface area contributed by atoms with E-state index in [1.165, 1.54) is 11.5 Å². The van der Waals surface area contributed by atoms with Gasteiger partial charge in [-0.25, -0.2) is 0 Å². The maximum absolute atomic E-state index is 8.89. The summed E-state index contributed by atoms with van der Waals surface area (Å²) in [4.78, 5) is 1.97. The molecule has 0 aliphatic carbocycles. The van der Waals surface area contributed by atoms with Crippen LogP contribution in [0.1, 0.15) is 12.0 Å². The van der Waals surface area contributed by atoms with E-state index in [1.54, 1.807) is 7.11 Å². The van der Waals surface area contributed by atoms with Gasteiger partial charge in [0.25, 0.3) is 0 Å². The fourth-order valence-electron chi connectivity index (χ4n) is 1.16. The molecule has 0 fully saturated rings. The van der Waals surface area contributed by atoms with E-state index in [1.807, 2.05) is 11.9 Å². The number of ether oxygens (including phenoxy) is 1. The van der Waals surface area contributed by atoms with Crippen LogP contribution in [0.25, 0.3) is 0 Å². The van der Waals surface area contributed by atoms with Crippen molar-refractivity contribution >= 4 is 28.1 Å². The van der Waals surface area contributed by atoms with Crippen LogP contribution in [0, 0.1) is 11.3 Å². The Morgan fingerprint density at radius 3 is 3.00 bits per heavy atom. The Labute approximate surface area is 98.2 Å². The number of hydrogen-bond donors (Lipinski definition) is 0. The molecule has 0 N–H and O–H groups in total. The van der Waals surface area contributed by atoms with Gasteiger partial charge in [0, 0.05) is 27.3 Å². The molecule has 0 bridgehead atoms. The second-order valence-corrected chi connectivity index (χ2v) is 4.14. The largest absolute Gasteiger partial charge is 0.385 e. The molecular formula is C9H12ClN3OS. The summed E-state index contributed by atoms with van der Waals surface area (Å²) < 4.78 is 8.91. The minimum Gasteiger partial charge on any atom is -0.385 e. The molecule has 82 valence electrons. The van der Waals surface area contributed by atoms with E-state index < -0.39 is 0 Å². The molecule has 0 spiro atoms. The van der Waals surface area contributed by atoms with Gasteiger partial charge in [-0.3, -0.25) is 0 Å². The van der Waals surface area contributed by atoms with Crippen LogP contribution in [0.4, 0.5) is 5.00 Å². The van der Waals surface area contributed by atoms with Gasteiger partial charge in [0.2, 0.25) is 0 Å². The SMILES string of the molecule is COCCCN(C)c1snc(Cl)c1C#N. The zero-order valence-corrected chi connectivity index (χ0v) is 10.2. The minimum atomic E-state index is 0.288. The lowest BCUT2D eigenvalue weighted by Crippen LogP contribution is -2.19. The van der Waals surface area contributed by atoms with Crippen LogP contribution >= 0.6 is 23.1 Å². The molecule has 1 rings (SSSR count). The molecule has 0 saturated carbocycles. The fourth-order valence-corrected chi connectivity index (χ4v) is 2.18. The molecule has 0 aliphatic rings. The molecule has 15 heavy (non-hydrogen) atoms. The van der Waals surface area contributed by atoms with Gasteiger partial charge in [-0.2, -0.15) is 9.64 Å². The van der Waals surface area contributed by atoms with Gasteiger partial charge in [-0.1, -0.05) is 11.6 Å². The molecule has 0 saturated heterocycles. The topological polar surface area (TPSA) is 49.1 Å². The summed E-state index contributed by atoms with van der Waals surface area (Å²) in [5.41, 5.74) is 0.460. The van der Waals surface area contributed by atoms with Gasteiger partial charge >= 0.3 is 0 Å². The monoisotopic (exact) mass is 245 g/mol. The first-order valence-corrected chi connectivity index (χ1v) is 5.61. The van der Waals surface area contributed by atoms with Crippen molar-refractivity contribution in [3.05, 3.63) is 10.7 Å². The molecule has 1 heterocycles. The molecule has 0 amide bonds. The van der Waals surface area contributed by atoms with Crippen molar-refractivity contribution in [2.24, 2.45) is 0 Å². The summed E-state index contributed by atoms with van der Waals surface area (Å²) in [6.07, 6.45) is 0.910. The highest BCUT2D eigenvalue weighted by Crippen LogP contribution is 2.30. The van der Waals surface area contributed by atoms with E-state index in [0.29, 0.717) is 12.2 Å². The number of hydrogen-bond acceptors (Lipinski definition) is 5. The van der Waals surface area contributed by atoms with Gasteiger partial charge in [0.05, 0.1) is 0 Å². The van der Waals surface area contributed by atoms with Crippen LogP contribution in [0.3, 0.4) is 0 Å². The van der Waals surface area contributed by atoms with Crippen LogP contribution in [0.2, 0.25) is 5.15 Å². The maximum Gasteiger partial charge on any atom is 0.162 e. The summed E-state index contributed by atoms with van der Waals surface area (Å²) in [5, 5.41) is 10.00. The minimum absolute atomic E-state index is 0.288. The molecule has 4 nitrogen and oxygen atoms in total. The molecule has 1 aromatic rings. The Morgan fingerprint density at radius 1 is 1.67 bits per heavy atom. The molecule has 6 heteroatoms. The number of halogens is 1. The molecule has 1 aromatic heterocycles. The number of rotatable bonds is 5. The number of nitrogens with zero attached hydrogens (tertiary/aromatic N) is 3. The molecule has 0 radical (unpaired) electrons. The Hall–Kier alpha value is -0.830. The zero-order valence-electron chi connectivity index (χ0n) is 8.66. The Balaban J connectivity index is 2.65. The van der Waals surface area contributed by atoms with E-state index in [4.69, 9.17) is 21.6 Å². The highest BCUT2D eigenvalue weighted by atomic mass is 35.5. The highest BCUT2D eigenvalue weighted by molar-refractivity contribution is 7.10. The standard InChI is InChI=1S/C9H12ClN3OS/c1-13(4-3-5-14-2)9-7(6-11)8(10)12-15-9/h3-5H2,1-2H3. The normalized spacial score (nSPS) is 10.0. The highest BCUT2D eigenvalue weighted by Gasteiger charge is 2.14. The summed E-state index contributed by atoms with van der Waals surface area (Å²) >= 11 is 7.02. The smallest absolute Gasteiger partial charge is 0.162 e. The molecule has 0 aromatic carbocycles.